The van der Waals surface area contributed by atoms with Crippen LogP contribution in [0.1, 0.15) is 39.5 Å². The summed E-state index contributed by atoms with van der Waals surface area (Å²) < 4.78 is 10.3. The first-order valence-corrected chi connectivity index (χ1v) is 7.15. The van der Waals surface area contributed by atoms with Gasteiger partial charge >= 0.3 is 11.9 Å². The number of carbonyl (C=O) groups excluding carboxylic acids is 2. The van der Waals surface area contributed by atoms with E-state index in [0.717, 1.165) is 12.8 Å². The molecule has 1 aliphatic carbocycles. The largest absolute Gasteiger partial charge is 0.465 e. The number of halogens is 1. The summed E-state index contributed by atoms with van der Waals surface area (Å²) >= 11 is 5.97. The minimum Gasteiger partial charge on any atom is -0.465 e. The van der Waals surface area contributed by atoms with Crippen LogP contribution in [-0.4, -0.2) is 25.2 Å². The molecule has 0 heterocycles. The van der Waals surface area contributed by atoms with E-state index in [2.05, 4.69) is 0 Å². The fourth-order valence-electron chi connectivity index (χ4n) is 1.98. The van der Waals surface area contributed by atoms with E-state index in [1.54, 1.807) is 6.08 Å². The van der Waals surface area contributed by atoms with Crippen molar-refractivity contribution in [3.63, 3.8) is 0 Å². The Bertz CT molecular complexity index is 351. The summed E-state index contributed by atoms with van der Waals surface area (Å²) in [4.78, 5) is 23.9. The molecule has 0 saturated carbocycles. The van der Waals surface area contributed by atoms with Gasteiger partial charge in [0.1, 0.15) is 0 Å². The van der Waals surface area contributed by atoms with Crippen LogP contribution in [0.15, 0.2) is 11.1 Å². The van der Waals surface area contributed by atoms with E-state index in [1.165, 1.54) is 0 Å². The van der Waals surface area contributed by atoms with Gasteiger partial charge in [-0.1, -0.05) is 31.5 Å². The molecule has 0 N–H and O–H groups in total. The van der Waals surface area contributed by atoms with Gasteiger partial charge in [0.25, 0.3) is 0 Å². The molecule has 19 heavy (non-hydrogen) atoms. The number of ether oxygens (including phenoxy) is 2. The van der Waals surface area contributed by atoms with Crippen molar-refractivity contribution >= 4 is 23.5 Å². The van der Waals surface area contributed by atoms with Crippen molar-refractivity contribution in [2.45, 2.75) is 39.5 Å². The molecule has 0 aliphatic heterocycles. The van der Waals surface area contributed by atoms with Crippen LogP contribution < -0.4 is 0 Å². The standard InChI is InChI=1S/C14H21ClO4/c1-3-7-18-13(16)11-6-5-10(15)9-12(11)14(17)19-8-4-2/h5,11-12H,3-4,6-9H2,1-2H3. The number of allylic oxidation sites excluding steroid dienone is 2. The van der Waals surface area contributed by atoms with Crippen LogP contribution in [0.5, 0.6) is 0 Å². The third-order valence-electron chi connectivity index (χ3n) is 3.00. The monoisotopic (exact) mass is 288 g/mol. The maximum Gasteiger partial charge on any atom is 0.310 e. The highest BCUT2D eigenvalue weighted by molar-refractivity contribution is 6.29. The first-order valence-electron chi connectivity index (χ1n) is 6.77. The van der Waals surface area contributed by atoms with Gasteiger partial charge in [-0.3, -0.25) is 9.59 Å². The maximum atomic E-state index is 12.0. The number of rotatable bonds is 6. The molecule has 108 valence electrons. The van der Waals surface area contributed by atoms with Crippen LogP contribution in [-0.2, 0) is 19.1 Å². The minimum absolute atomic E-state index is 0.333. The number of esters is 2. The van der Waals surface area contributed by atoms with Gasteiger partial charge in [-0.2, -0.15) is 0 Å². The second-order valence-electron chi connectivity index (χ2n) is 4.64. The van der Waals surface area contributed by atoms with Crippen molar-refractivity contribution < 1.29 is 19.1 Å². The summed E-state index contributed by atoms with van der Waals surface area (Å²) in [5.41, 5.74) is 0. The lowest BCUT2D eigenvalue weighted by atomic mass is 9.83. The molecule has 2 atom stereocenters. The van der Waals surface area contributed by atoms with Gasteiger partial charge in [-0.15, -0.1) is 0 Å². The SMILES string of the molecule is CCCOC(=O)C1CC=C(Cl)CC1C(=O)OCCC. The summed E-state index contributed by atoms with van der Waals surface area (Å²) in [6, 6.07) is 0. The van der Waals surface area contributed by atoms with E-state index in [0.29, 0.717) is 31.1 Å². The van der Waals surface area contributed by atoms with Gasteiger partial charge in [-0.05, 0) is 25.7 Å². The Balaban J connectivity index is 2.69. The van der Waals surface area contributed by atoms with Crippen LogP contribution in [0.2, 0.25) is 0 Å². The molecule has 0 amide bonds. The molecule has 0 aromatic heterocycles. The molecule has 0 spiro atoms. The quantitative estimate of drug-likeness (QED) is 0.705. The summed E-state index contributed by atoms with van der Waals surface area (Å²) in [5, 5.41) is 0.609. The highest BCUT2D eigenvalue weighted by Gasteiger charge is 2.38. The zero-order valence-electron chi connectivity index (χ0n) is 11.5. The Labute approximate surface area is 119 Å². The normalized spacial score (nSPS) is 22.6. The molecule has 0 radical (unpaired) electrons. The zero-order valence-corrected chi connectivity index (χ0v) is 12.2. The van der Waals surface area contributed by atoms with E-state index < -0.39 is 11.8 Å². The van der Waals surface area contributed by atoms with Crippen LogP contribution in [0.25, 0.3) is 0 Å². The lowest BCUT2D eigenvalue weighted by molar-refractivity contribution is -0.161. The van der Waals surface area contributed by atoms with Crippen molar-refractivity contribution in [3.05, 3.63) is 11.1 Å². The predicted molar refractivity (Wildman–Crippen MR) is 72.7 cm³/mol. The molecule has 0 fully saturated rings. The molecule has 0 saturated heterocycles. The second-order valence-corrected chi connectivity index (χ2v) is 5.12. The van der Waals surface area contributed by atoms with E-state index in [-0.39, 0.29) is 11.9 Å². The molecule has 0 aromatic rings. The molecule has 5 heteroatoms. The maximum absolute atomic E-state index is 12.0. The number of carbonyl (C=O) groups is 2. The number of hydrogen-bond donors (Lipinski definition) is 0. The summed E-state index contributed by atoms with van der Waals surface area (Å²) in [6.07, 6.45) is 4.10. The number of hydrogen-bond acceptors (Lipinski definition) is 4. The van der Waals surface area contributed by atoms with Gasteiger partial charge < -0.3 is 9.47 Å². The Morgan fingerprint density at radius 3 is 2.21 bits per heavy atom. The van der Waals surface area contributed by atoms with Gasteiger partial charge in [0.05, 0.1) is 25.0 Å². The van der Waals surface area contributed by atoms with Crippen LogP contribution in [0, 0.1) is 11.8 Å². The highest BCUT2D eigenvalue weighted by atomic mass is 35.5. The van der Waals surface area contributed by atoms with Gasteiger partial charge in [-0.25, -0.2) is 0 Å². The van der Waals surface area contributed by atoms with E-state index in [1.807, 2.05) is 13.8 Å². The van der Waals surface area contributed by atoms with Crippen molar-refractivity contribution in [1.29, 1.82) is 0 Å². The average molecular weight is 289 g/mol. The molecular weight excluding hydrogens is 268 g/mol. The molecular formula is C14H21ClO4. The van der Waals surface area contributed by atoms with E-state index in [9.17, 15) is 9.59 Å². The smallest absolute Gasteiger partial charge is 0.310 e. The first-order chi connectivity index (χ1) is 9.10. The summed E-state index contributed by atoms with van der Waals surface area (Å²) in [5.74, 6) is -1.68. The molecule has 2 unspecified atom stereocenters. The zero-order chi connectivity index (χ0) is 14.3. The Morgan fingerprint density at radius 2 is 1.68 bits per heavy atom. The average Bonchev–Trinajstić information content (AvgIpc) is 2.41. The third-order valence-corrected chi connectivity index (χ3v) is 3.30. The fourth-order valence-corrected chi connectivity index (χ4v) is 2.24. The minimum atomic E-state index is -0.520. The van der Waals surface area contributed by atoms with E-state index in [4.69, 9.17) is 21.1 Å². The van der Waals surface area contributed by atoms with E-state index >= 15 is 0 Å². The molecule has 0 aromatic carbocycles. The highest BCUT2D eigenvalue weighted by Crippen LogP contribution is 2.33. The van der Waals surface area contributed by atoms with Crippen LogP contribution >= 0.6 is 11.6 Å². The summed E-state index contributed by atoms with van der Waals surface area (Å²) in [6.45, 7) is 4.60. The molecule has 4 nitrogen and oxygen atoms in total. The molecule has 1 rings (SSSR count). The first kappa shape index (κ1) is 16.0. The third kappa shape index (κ3) is 4.86. The lowest BCUT2D eigenvalue weighted by Gasteiger charge is -2.26. The Kier molecular flexibility index (Phi) is 6.92. The Morgan fingerprint density at radius 1 is 1.16 bits per heavy atom. The van der Waals surface area contributed by atoms with Crippen molar-refractivity contribution in [2.75, 3.05) is 13.2 Å². The lowest BCUT2D eigenvalue weighted by Crippen LogP contribution is -2.34. The van der Waals surface area contributed by atoms with Crippen LogP contribution in [0.4, 0.5) is 0 Å². The van der Waals surface area contributed by atoms with Crippen molar-refractivity contribution in [3.8, 4) is 0 Å². The predicted octanol–water partition coefficient (Wildman–Crippen LogP) is 3.04. The van der Waals surface area contributed by atoms with Crippen LogP contribution in [0.3, 0.4) is 0 Å². The Hall–Kier alpha value is -1.03. The van der Waals surface area contributed by atoms with Gasteiger partial charge in [0, 0.05) is 5.03 Å². The second kappa shape index (κ2) is 8.20. The molecule has 1 aliphatic rings. The fraction of sp³-hybridized carbons (Fsp3) is 0.714. The van der Waals surface area contributed by atoms with Gasteiger partial charge in [0.15, 0.2) is 0 Å². The topological polar surface area (TPSA) is 52.6 Å². The van der Waals surface area contributed by atoms with Gasteiger partial charge in [0.2, 0.25) is 0 Å². The summed E-state index contributed by atoms with van der Waals surface area (Å²) in [7, 11) is 0. The van der Waals surface area contributed by atoms with Crippen molar-refractivity contribution in [1.82, 2.24) is 0 Å². The van der Waals surface area contributed by atoms with Crippen molar-refractivity contribution in [2.24, 2.45) is 11.8 Å². The molecule has 0 bridgehead atoms.